The lowest BCUT2D eigenvalue weighted by Crippen LogP contribution is -2.04. The van der Waals surface area contributed by atoms with Gasteiger partial charge in [-0.2, -0.15) is 0 Å². The molecular formula is C18H16N2O3. The molecule has 0 saturated heterocycles. The molecule has 0 aliphatic rings. The Morgan fingerprint density at radius 1 is 1.17 bits per heavy atom. The molecule has 0 fully saturated rings. The fourth-order valence-electron chi connectivity index (χ4n) is 2.66. The van der Waals surface area contributed by atoms with Crippen LogP contribution in [0.15, 0.2) is 54.6 Å². The average molecular weight is 308 g/mol. The first-order valence-electron chi connectivity index (χ1n) is 7.32. The zero-order chi connectivity index (χ0) is 16.4. The molecule has 0 amide bonds. The van der Waals surface area contributed by atoms with E-state index < -0.39 is 11.0 Å². The van der Waals surface area contributed by atoms with Gasteiger partial charge in [-0.25, -0.2) is 0 Å². The van der Waals surface area contributed by atoms with Crippen LogP contribution in [0.1, 0.15) is 22.9 Å². The lowest BCUT2D eigenvalue weighted by Gasteiger charge is -2.12. The van der Waals surface area contributed by atoms with Gasteiger partial charge in [0.05, 0.1) is 16.5 Å². The molecule has 116 valence electrons. The molecule has 2 aromatic carbocycles. The van der Waals surface area contributed by atoms with Crippen molar-refractivity contribution in [2.75, 3.05) is 0 Å². The summed E-state index contributed by atoms with van der Waals surface area (Å²) in [5, 5.41) is 22.1. The number of nitro groups is 1. The van der Waals surface area contributed by atoms with Gasteiger partial charge in [0.2, 0.25) is 0 Å². The molecule has 0 spiro atoms. The second-order valence-corrected chi connectivity index (χ2v) is 5.52. The van der Waals surface area contributed by atoms with Crippen LogP contribution in [0.3, 0.4) is 0 Å². The highest BCUT2D eigenvalue weighted by atomic mass is 16.6. The highest BCUT2D eigenvalue weighted by Gasteiger charge is 2.13. The topological polar surface area (TPSA) is 76.3 Å². The summed E-state index contributed by atoms with van der Waals surface area (Å²) in [6.07, 6.45) is -0.382. The molecule has 1 aromatic heterocycles. The van der Waals surface area contributed by atoms with E-state index in [0.717, 1.165) is 22.2 Å². The van der Waals surface area contributed by atoms with Gasteiger partial charge in [-0.05, 0) is 42.3 Å². The van der Waals surface area contributed by atoms with Crippen LogP contribution in [0.25, 0.3) is 10.9 Å². The third kappa shape index (κ3) is 3.19. The van der Waals surface area contributed by atoms with Crippen LogP contribution in [0.4, 0.5) is 5.69 Å². The van der Waals surface area contributed by atoms with E-state index in [9.17, 15) is 15.2 Å². The van der Waals surface area contributed by atoms with Gasteiger partial charge < -0.3 is 5.11 Å². The summed E-state index contributed by atoms with van der Waals surface area (Å²) in [4.78, 5) is 14.8. The third-order valence-electron chi connectivity index (χ3n) is 3.87. The summed E-state index contributed by atoms with van der Waals surface area (Å²) in [6.45, 7) is 2.02. The van der Waals surface area contributed by atoms with Crippen molar-refractivity contribution in [3.05, 3.63) is 81.5 Å². The second-order valence-electron chi connectivity index (χ2n) is 5.52. The number of benzene rings is 2. The van der Waals surface area contributed by atoms with E-state index in [1.165, 1.54) is 12.1 Å². The summed E-state index contributed by atoms with van der Waals surface area (Å²) in [5.41, 5.74) is 3.47. The monoisotopic (exact) mass is 308 g/mol. The Balaban J connectivity index is 1.84. The molecule has 3 aromatic rings. The van der Waals surface area contributed by atoms with Gasteiger partial charge in [-0.1, -0.05) is 18.2 Å². The molecule has 1 unspecified atom stereocenters. The van der Waals surface area contributed by atoms with Crippen molar-refractivity contribution < 1.29 is 10.0 Å². The molecule has 5 heteroatoms. The number of rotatable bonds is 4. The van der Waals surface area contributed by atoms with E-state index in [4.69, 9.17) is 0 Å². The van der Waals surface area contributed by atoms with Crippen LogP contribution < -0.4 is 0 Å². The van der Waals surface area contributed by atoms with Crippen molar-refractivity contribution in [2.45, 2.75) is 19.4 Å². The molecule has 0 radical (unpaired) electrons. The van der Waals surface area contributed by atoms with Gasteiger partial charge in [0.1, 0.15) is 0 Å². The summed E-state index contributed by atoms with van der Waals surface area (Å²) in [7, 11) is 0. The van der Waals surface area contributed by atoms with Crippen molar-refractivity contribution in [3.63, 3.8) is 0 Å². The maximum absolute atomic E-state index is 10.7. The number of fused-ring (bicyclic) bond motifs is 1. The zero-order valence-electron chi connectivity index (χ0n) is 12.6. The largest absolute Gasteiger partial charge is 0.388 e. The number of aliphatic hydroxyl groups is 1. The summed E-state index contributed by atoms with van der Waals surface area (Å²) in [5.74, 6) is 0. The first-order valence-corrected chi connectivity index (χ1v) is 7.32. The fraction of sp³-hybridized carbons (Fsp3) is 0.167. The number of nitrogens with zero attached hydrogens (tertiary/aromatic N) is 2. The quantitative estimate of drug-likeness (QED) is 0.588. The number of aromatic nitrogens is 1. The first-order chi connectivity index (χ1) is 11.0. The Morgan fingerprint density at radius 2 is 1.87 bits per heavy atom. The number of pyridine rings is 1. The summed E-state index contributed by atoms with van der Waals surface area (Å²) >= 11 is 0. The van der Waals surface area contributed by atoms with Crippen molar-refractivity contribution in [3.8, 4) is 0 Å². The first kappa shape index (κ1) is 15.1. The van der Waals surface area contributed by atoms with Gasteiger partial charge >= 0.3 is 0 Å². The van der Waals surface area contributed by atoms with Gasteiger partial charge in [-0.15, -0.1) is 0 Å². The Hall–Kier alpha value is -2.79. The van der Waals surface area contributed by atoms with Crippen molar-refractivity contribution in [1.82, 2.24) is 4.98 Å². The van der Waals surface area contributed by atoms with E-state index >= 15 is 0 Å². The highest BCUT2D eigenvalue weighted by Crippen LogP contribution is 2.23. The molecule has 23 heavy (non-hydrogen) atoms. The third-order valence-corrected chi connectivity index (χ3v) is 3.87. The minimum absolute atomic E-state index is 0.0145. The minimum Gasteiger partial charge on any atom is -0.388 e. The number of aliphatic hydroxyl groups excluding tert-OH is 1. The predicted molar refractivity (Wildman–Crippen MR) is 88.2 cm³/mol. The second kappa shape index (κ2) is 6.14. The molecule has 0 bridgehead atoms. The Labute approximate surface area is 133 Å². The number of hydrogen-bond acceptors (Lipinski definition) is 4. The molecule has 0 saturated carbocycles. The Morgan fingerprint density at radius 3 is 2.57 bits per heavy atom. The molecule has 0 aliphatic heterocycles. The number of nitro benzene ring substituents is 1. The molecule has 0 aliphatic carbocycles. The number of hydrogen-bond donors (Lipinski definition) is 1. The Bertz CT molecular complexity index is 860. The van der Waals surface area contributed by atoms with E-state index in [0.29, 0.717) is 12.0 Å². The minimum atomic E-state index is -0.746. The highest BCUT2D eigenvalue weighted by molar-refractivity contribution is 5.82. The van der Waals surface area contributed by atoms with E-state index in [1.54, 1.807) is 12.1 Å². The standard InChI is InChI=1S/C18H16N2O3/c1-12-10-14(19-17-5-3-2-4-16(12)17)11-18(21)13-6-8-15(9-7-13)20(22)23/h2-10,18,21H,11H2,1H3. The lowest BCUT2D eigenvalue weighted by atomic mass is 10.0. The van der Waals surface area contributed by atoms with Crippen LogP contribution in [0.2, 0.25) is 0 Å². The molecular weight excluding hydrogens is 292 g/mol. The number of para-hydroxylation sites is 1. The van der Waals surface area contributed by atoms with Crippen LogP contribution in [-0.4, -0.2) is 15.0 Å². The smallest absolute Gasteiger partial charge is 0.269 e. The van der Waals surface area contributed by atoms with Crippen molar-refractivity contribution in [1.29, 1.82) is 0 Å². The van der Waals surface area contributed by atoms with Crippen LogP contribution in [-0.2, 0) is 6.42 Å². The van der Waals surface area contributed by atoms with E-state index in [2.05, 4.69) is 4.98 Å². The fourth-order valence-corrected chi connectivity index (χ4v) is 2.66. The molecule has 1 heterocycles. The Kier molecular flexibility index (Phi) is 4.04. The number of non-ortho nitro benzene ring substituents is 1. The average Bonchev–Trinajstić information content (AvgIpc) is 2.55. The zero-order valence-corrected chi connectivity index (χ0v) is 12.6. The number of aryl methyl sites for hydroxylation is 1. The maximum Gasteiger partial charge on any atom is 0.269 e. The lowest BCUT2D eigenvalue weighted by molar-refractivity contribution is -0.384. The van der Waals surface area contributed by atoms with E-state index in [1.807, 2.05) is 37.3 Å². The van der Waals surface area contributed by atoms with Gasteiger partial charge in [0, 0.05) is 29.6 Å². The van der Waals surface area contributed by atoms with E-state index in [-0.39, 0.29) is 5.69 Å². The van der Waals surface area contributed by atoms with Gasteiger partial charge in [-0.3, -0.25) is 15.1 Å². The van der Waals surface area contributed by atoms with Crippen LogP contribution in [0, 0.1) is 17.0 Å². The molecule has 3 rings (SSSR count). The predicted octanol–water partition coefficient (Wildman–Crippen LogP) is 3.73. The summed E-state index contributed by atoms with van der Waals surface area (Å²) < 4.78 is 0. The molecule has 5 nitrogen and oxygen atoms in total. The van der Waals surface area contributed by atoms with Gasteiger partial charge in [0.15, 0.2) is 0 Å². The van der Waals surface area contributed by atoms with Crippen LogP contribution in [0.5, 0.6) is 0 Å². The van der Waals surface area contributed by atoms with Crippen molar-refractivity contribution >= 4 is 16.6 Å². The molecule has 1 atom stereocenters. The normalized spacial score (nSPS) is 12.3. The van der Waals surface area contributed by atoms with Crippen molar-refractivity contribution in [2.24, 2.45) is 0 Å². The van der Waals surface area contributed by atoms with Crippen LogP contribution >= 0.6 is 0 Å². The summed E-state index contributed by atoms with van der Waals surface area (Å²) in [6, 6.07) is 15.8. The maximum atomic E-state index is 10.7. The molecule has 1 N–H and O–H groups in total. The van der Waals surface area contributed by atoms with Gasteiger partial charge in [0.25, 0.3) is 5.69 Å². The SMILES string of the molecule is Cc1cc(CC(O)c2ccc([N+](=O)[O-])cc2)nc2ccccc12.